The fourth-order valence-electron chi connectivity index (χ4n) is 4.82. The molecule has 9 nitrogen and oxygen atoms in total. The molecule has 0 amide bonds. The molecule has 3 atom stereocenters. The summed E-state index contributed by atoms with van der Waals surface area (Å²) >= 11 is 5.94. The number of anilines is 1. The number of esters is 1. The Morgan fingerprint density at radius 2 is 2.18 bits per heavy atom. The number of nitrogen functional groups attached to an aromatic ring is 1. The third-order valence-electron chi connectivity index (χ3n) is 6.86. The number of terminal acetylenes is 1. The maximum atomic E-state index is 12.7. The highest BCUT2D eigenvalue weighted by molar-refractivity contribution is 6.28. The van der Waals surface area contributed by atoms with E-state index < -0.39 is 17.9 Å². The van der Waals surface area contributed by atoms with Gasteiger partial charge in [-0.25, -0.2) is 4.98 Å². The zero-order valence-electron chi connectivity index (χ0n) is 18.7. The largest absolute Gasteiger partial charge is 0.461 e. The maximum Gasteiger partial charge on any atom is 0.309 e. The Hall–Kier alpha value is -2.41. The second-order valence-corrected chi connectivity index (χ2v) is 9.37. The molecule has 178 valence electrons. The number of aromatic nitrogens is 4. The van der Waals surface area contributed by atoms with Crippen LogP contribution in [0.5, 0.6) is 0 Å². The summed E-state index contributed by atoms with van der Waals surface area (Å²) in [6.07, 6.45) is 13.1. The van der Waals surface area contributed by atoms with Gasteiger partial charge in [-0.15, -0.1) is 6.42 Å². The molecule has 2 aromatic rings. The number of aliphatic hydroxyl groups excluding tert-OH is 1. The number of nitrogens with two attached hydrogens (primary N) is 1. The Labute approximate surface area is 198 Å². The SMILES string of the molecule is C#C[C@]1(COC(=O)[C@H]2CC[C@H](CCCC)CC2)O[C@@H](n2cnc3c(N)nc(Cl)nc32)C[C@@H]1O. The summed E-state index contributed by atoms with van der Waals surface area (Å²) < 4.78 is 13.2. The molecule has 0 aromatic carbocycles. The van der Waals surface area contributed by atoms with E-state index in [-0.39, 0.29) is 36.0 Å². The number of ether oxygens (including phenoxy) is 2. The lowest BCUT2D eigenvalue weighted by molar-refractivity contribution is -0.162. The maximum absolute atomic E-state index is 12.7. The van der Waals surface area contributed by atoms with E-state index in [0.717, 1.165) is 25.7 Å². The lowest BCUT2D eigenvalue weighted by Gasteiger charge is -2.30. The van der Waals surface area contributed by atoms with E-state index in [1.54, 1.807) is 4.57 Å². The molecule has 1 aliphatic carbocycles. The minimum absolute atomic E-state index is 0.0261. The summed E-state index contributed by atoms with van der Waals surface area (Å²) in [6, 6.07) is 0. The van der Waals surface area contributed by atoms with Gasteiger partial charge in [0.15, 0.2) is 17.1 Å². The first-order valence-electron chi connectivity index (χ1n) is 11.5. The molecule has 1 aliphatic heterocycles. The molecule has 3 N–H and O–H groups in total. The lowest BCUT2D eigenvalue weighted by atomic mass is 9.80. The predicted molar refractivity (Wildman–Crippen MR) is 123 cm³/mol. The van der Waals surface area contributed by atoms with E-state index in [9.17, 15) is 9.90 Å². The quantitative estimate of drug-likeness (QED) is 0.355. The number of unbranched alkanes of at least 4 members (excludes halogenated alkanes) is 1. The molecule has 0 unspecified atom stereocenters. The van der Waals surface area contributed by atoms with Gasteiger partial charge in [0.25, 0.3) is 0 Å². The van der Waals surface area contributed by atoms with Crippen molar-refractivity contribution in [1.29, 1.82) is 0 Å². The highest BCUT2D eigenvalue weighted by Gasteiger charge is 2.49. The second-order valence-electron chi connectivity index (χ2n) is 9.03. The normalized spacial score (nSPS) is 29.8. The Morgan fingerprint density at radius 1 is 1.42 bits per heavy atom. The van der Waals surface area contributed by atoms with Gasteiger partial charge >= 0.3 is 5.97 Å². The molecule has 0 bridgehead atoms. The van der Waals surface area contributed by atoms with E-state index in [1.807, 2.05) is 0 Å². The molecule has 10 heteroatoms. The van der Waals surface area contributed by atoms with Crippen LogP contribution in [0.4, 0.5) is 5.82 Å². The summed E-state index contributed by atoms with van der Waals surface area (Å²) in [5, 5.41) is 10.7. The van der Waals surface area contributed by atoms with Gasteiger partial charge in [0.2, 0.25) is 5.28 Å². The highest BCUT2D eigenvalue weighted by Crippen LogP contribution is 2.39. The van der Waals surface area contributed by atoms with Crippen LogP contribution in [0.15, 0.2) is 6.33 Å². The van der Waals surface area contributed by atoms with Gasteiger partial charge in [-0.2, -0.15) is 9.97 Å². The summed E-state index contributed by atoms with van der Waals surface area (Å²) in [4.78, 5) is 25.0. The van der Waals surface area contributed by atoms with Crippen molar-refractivity contribution in [2.75, 3.05) is 12.3 Å². The smallest absolute Gasteiger partial charge is 0.309 e. The number of hydrogen-bond donors (Lipinski definition) is 2. The first-order valence-corrected chi connectivity index (χ1v) is 11.9. The van der Waals surface area contributed by atoms with Crippen molar-refractivity contribution in [2.24, 2.45) is 11.8 Å². The van der Waals surface area contributed by atoms with Crippen LogP contribution in [0.3, 0.4) is 0 Å². The van der Waals surface area contributed by atoms with Gasteiger partial charge in [0, 0.05) is 6.42 Å². The van der Waals surface area contributed by atoms with Crippen molar-refractivity contribution in [1.82, 2.24) is 19.5 Å². The molecule has 2 aliphatic rings. The number of nitrogens with zero attached hydrogens (tertiary/aromatic N) is 4. The molecule has 1 saturated carbocycles. The van der Waals surface area contributed by atoms with E-state index in [1.165, 1.54) is 25.6 Å². The summed E-state index contributed by atoms with van der Waals surface area (Å²) in [5.41, 5.74) is 5.15. The average molecular weight is 476 g/mol. The lowest BCUT2D eigenvalue weighted by Crippen LogP contribution is -2.44. The molecular weight excluding hydrogens is 446 g/mol. The average Bonchev–Trinajstić information content (AvgIpc) is 3.37. The number of carbonyl (C=O) groups is 1. The van der Waals surface area contributed by atoms with Gasteiger partial charge in [-0.1, -0.05) is 32.1 Å². The van der Waals surface area contributed by atoms with E-state index in [2.05, 4.69) is 27.8 Å². The van der Waals surface area contributed by atoms with E-state index in [4.69, 9.17) is 33.2 Å². The minimum atomic E-state index is -1.46. The van der Waals surface area contributed by atoms with Crippen molar-refractivity contribution in [3.8, 4) is 12.3 Å². The van der Waals surface area contributed by atoms with Crippen molar-refractivity contribution in [3.05, 3.63) is 11.6 Å². The monoisotopic (exact) mass is 475 g/mol. The predicted octanol–water partition coefficient (Wildman–Crippen LogP) is 3.25. The van der Waals surface area contributed by atoms with E-state index >= 15 is 0 Å². The Kier molecular flexibility index (Phi) is 7.07. The number of halogens is 1. The molecule has 4 rings (SSSR count). The topological polar surface area (TPSA) is 125 Å². The van der Waals surface area contributed by atoms with Crippen molar-refractivity contribution < 1.29 is 19.4 Å². The molecule has 3 heterocycles. The van der Waals surface area contributed by atoms with Crippen LogP contribution in [0.2, 0.25) is 5.28 Å². The Morgan fingerprint density at radius 3 is 2.88 bits per heavy atom. The van der Waals surface area contributed by atoms with Gasteiger partial charge in [0.05, 0.1) is 12.2 Å². The summed E-state index contributed by atoms with van der Waals surface area (Å²) in [6.45, 7) is 1.97. The highest BCUT2D eigenvalue weighted by atomic mass is 35.5. The first kappa shape index (κ1) is 23.7. The third kappa shape index (κ3) is 4.79. The van der Waals surface area contributed by atoms with Gasteiger partial charge < -0.3 is 20.3 Å². The first-order chi connectivity index (χ1) is 15.9. The number of imidazole rings is 1. The molecule has 2 fully saturated rings. The fourth-order valence-corrected chi connectivity index (χ4v) is 4.99. The molecule has 0 spiro atoms. The van der Waals surface area contributed by atoms with Gasteiger partial charge in [-0.05, 0) is 43.2 Å². The van der Waals surface area contributed by atoms with Crippen LogP contribution in [-0.2, 0) is 14.3 Å². The van der Waals surface area contributed by atoms with Crippen LogP contribution in [-0.4, -0.2) is 48.9 Å². The number of fused-ring (bicyclic) bond motifs is 1. The Bertz CT molecular complexity index is 1050. The van der Waals surface area contributed by atoms with Crippen LogP contribution in [0.1, 0.15) is 64.5 Å². The standard InChI is InChI=1S/C23H30ClN5O4/c1-3-5-6-14-7-9-15(10-8-14)21(31)32-12-23(4-2)16(30)11-17(33-23)29-13-26-18-19(25)27-22(24)28-20(18)29/h2,13-17,30H,3,5-12H2,1H3,(H2,25,27,28)/t14-,15-,16-,17+,23+/m0/s1. The van der Waals surface area contributed by atoms with Gasteiger partial charge in [-0.3, -0.25) is 9.36 Å². The minimum Gasteiger partial charge on any atom is -0.461 e. The van der Waals surface area contributed by atoms with Crippen molar-refractivity contribution in [2.45, 2.75) is 76.2 Å². The number of carbonyl (C=O) groups excluding carboxylic acids is 1. The molecule has 1 saturated heterocycles. The summed E-state index contributed by atoms with van der Waals surface area (Å²) in [5.74, 6) is 2.94. The molecule has 0 radical (unpaired) electrons. The third-order valence-corrected chi connectivity index (χ3v) is 7.03. The van der Waals surface area contributed by atoms with Crippen LogP contribution in [0.25, 0.3) is 11.2 Å². The van der Waals surface area contributed by atoms with E-state index in [0.29, 0.717) is 17.1 Å². The van der Waals surface area contributed by atoms with Crippen LogP contribution < -0.4 is 5.73 Å². The van der Waals surface area contributed by atoms with Crippen LogP contribution in [0, 0.1) is 24.2 Å². The molecular formula is C23H30ClN5O4. The number of rotatable bonds is 7. The van der Waals surface area contributed by atoms with Gasteiger partial charge in [0.1, 0.15) is 24.5 Å². The zero-order valence-corrected chi connectivity index (χ0v) is 19.5. The second kappa shape index (κ2) is 9.84. The van der Waals surface area contributed by atoms with Crippen molar-refractivity contribution >= 4 is 34.6 Å². The fraction of sp³-hybridized carbons (Fsp3) is 0.652. The zero-order chi connectivity index (χ0) is 23.6. The van der Waals surface area contributed by atoms with Crippen molar-refractivity contribution in [3.63, 3.8) is 0 Å². The number of hydrogen-bond acceptors (Lipinski definition) is 8. The number of aliphatic hydroxyl groups is 1. The molecule has 2 aromatic heterocycles. The van der Waals surface area contributed by atoms with Crippen LogP contribution >= 0.6 is 11.6 Å². The Balaban J connectivity index is 1.40. The molecule has 33 heavy (non-hydrogen) atoms. The summed E-state index contributed by atoms with van der Waals surface area (Å²) in [7, 11) is 0.